The molecule has 1 aromatic carbocycles. The minimum atomic E-state index is -0.954. The van der Waals surface area contributed by atoms with E-state index in [1.165, 1.54) is 6.07 Å². The Kier molecular flexibility index (Phi) is 4.72. The highest BCUT2D eigenvalue weighted by molar-refractivity contribution is 5.67. The number of aliphatic carboxylic acids is 1. The predicted molar refractivity (Wildman–Crippen MR) is 47.3 cm³/mol. The molecule has 0 aliphatic heterocycles. The van der Waals surface area contributed by atoms with Crippen LogP contribution in [0.15, 0.2) is 18.2 Å². The van der Waals surface area contributed by atoms with Gasteiger partial charge < -0.3 is 11.3 Å². The Morgan fingerprint density at radius 3 is 2.43 bits per heavy atom. The monoisotopic (exact) mass is 203 g/mol. The quantitative estimate of drug-likeness (QED) is 0.790. The van der Waals surface area contributed by atoms with Gasteiger partial charge in [-0.15, -0.1) is 0 Å². The summed E-state index contributed by atoms with van der Waals surface area (Å²) in [6.45, 7) is 0. The van der Waals surface area contributed by atoms with Crippen molar-refractivity contribution in [2.45, 2.75) is 12.8 Å². The maximum absolute atomic E-state index is 12.6. The number of carboxylic acid groups (broad SMARTS) is 1. The molecule has 0 aliphatic rings. The van der Waals surface area contributed by atoms with Crippen molar-refractivity contribution in [3.05, 3.63) is 35.4 Å². The Balaban J connectivity index is 0.00000169. The van der Waals surface area contributed by atoms with E-state index in [0.29, 0.717) is 5.56 Å². The van der Waals surface area contributed by atoms with Gasteiger partial charge in [0.2, 0.25) is 0 Å². The molecule has 0 saturated heterocycles. The Hall–Kier alpha value is -1.49. The normalized spacial score (nSPS) is 9.29. The first-order chi connectivity index (χ1) is 6.09. The summed E-state index contributed by atoms with van der Waals surface area (Å²) in [5, 5.41) is 8.33. The molecular weight excluding hydrogens is 192 g/mol. The SMILES string of the molecule is N.O=C(O)CCc1ccc(F)c(F)c1. The number of rotatable bonds is 3. The molecule has 78 valence electrons. The molecule has 0 spiro atoms. The molecular formula is C9H11F2NO2. The van der Waals surface area contributed by atoms with E-state index in [1.54, 1.807) is 0 Å². The van der Waals surface area contributed by atoms with Gasteiger partial charge in [0.25, 0.3) is 0 Å². The summed E-state index contributed by atoms with van der Waals surface area (Å²) >= 11 is 0. The summed E-state index contributed by atoms with van der Waals surface area (Å²) < 4.78 is 25.0. The van der Waals surface area contributed by atoms with E-state index in [9.17, 15) is 13.6 Å². The van der Waals surface area contributed by atoms with Crippen LogP contribution in [0.5, 0.6) is 0 Å². The lowest BCUT2D eigenvalue weighted by molar-refractivity contribution is -0.136. The third kappa shape index (κ3) is 3.49. The van der Waals surface area contributed by atoms with Crippen LogP contribution in [-0.4, -0.2) is 11.1 Å². The molecule has 0 amide bonds. The highest BCUT2D eigenvalue weighted by Crippen LogP contribution is 2.10. The van der Waals surface area contributed by atoms with Crippen LogP contribution in [0.3, 0.4) is 0 Å². The van der Waals surface area contributed by atoms with Crippen LogP contribution >= 0.6 is 0 Å². The van der Waals surface area contributed by atoms with E-state index in [0.717, 1.165) is 12.1 Å². The number of hydrogen-bond acceptors (Lipinski definition) is 2. The van der Waals surface area contributed by atoms with Gasteiger partial charge >= 0.3 is 5.97 Å². The Morgan fingerprint density at radius 2 is 1.93 bits per heavy atom. The topological polar surface area (TPSA) is 72.3 Å². The Bertz CT molecular complexity index is 329. The fourth-order valence-electron chi connectivity index (χ4n) is 0.946. The summed E-state index contributed by atoms with van der Waals surface area (Å²) in [5.41, 5.74) is 0.487. The lowest BCUT2D eigenvalue weighted by Gasteiger charge is -1.98. The molecule has 14 heavy (non-hydrogen) atoms. The van der Waals surface area contributed by atoms with Crippen molar-refractivity contribution >= 4 is 5.97 Å². The lowest BCUT2D eigenvalue weighted by atomic mass is 10.1. The van der Waals surface area contributed by atoms with E-state index in [4.69, 9.17) is 5.11 Å². The number of aryl methyl sites for hydroxylation is 1. The van der Waals surface area contributed by atoms with Crippen molar-refractivity contribution in [1.29, 1.82) is 0 Å². The number of benzene rings is 1. The fourth-order valence-corrected chi connectivity index (χ4v) is 0.946. The molecule has 0 aliphatic carbocycles. The molecule has 0 aromatic heterocycles. The van der Waals surface area contributed by atoms with Gasteiger partial charge in [0.1, 0.15) is 0 Å². The van der Waals surface area contributed by atoms with E-state index in [1.807, 2.05) is 0 Å². The first-order valence-corrected chi connectivity index (χ1v) is 3.75. The standard InChI is InChI=1S/C9H8F2O2.H3N/c10-7-3-1-6(5-8(7)11)2-4-9(12)13;/h1,3,5H,2,4H2,(H,12,13);1H3. The van der Waals surface area contributed by atoms with Gasteiger partial charge in [0.15, 0.2) is 11.6 Å². The molecule has 4 N–H and O–H groups in total. The second-order valence-corrected chi connectivity index (χ2v) is 2.64. The molecule has 0 atom stereocenters. The summed E-state index contributed by atoms with van der Waals surface area (Å²) in [6, 6.07) is 3.38. The number of carboxylic acids is 1. The molecule has 0 saturated carbocycles. The van der Waals surface area contributed by atoms with E-state index in [-0.39, 0.29) is 19.0 Å². The lowest BCUT2D eigenvalue weighted by Crippen LogP contribution is -1.98. The average molecular weight is 203 g/mol. The van der Waals surface area contributed by atoms with Crippen molar-refractivity contribution in [2.24, 2.45) is 0 Å². The van der Waals surface area contributed by atoms with Crippen LogP contribution in [0.4, 0.5) is 8.78 Å². The van der Waals surface area contributed by atoms with E-state index in [2.05, 4.69) is 0 Å². The minimum Gasteiger partial charge on any atom is -0.481 e. The highest BCUT2D eigenvalue weighted by Gasteiger charge is 2.03. The number of carbonyl (C=O) groups is 1. The minimum absolute atomic E-state index is 0. The predicted octanol–water partition coefficient (Wildman–Crippen LogP) is 2.14. The zero-order valence-electron chi connectivity index (χ0n) is 7.46. The fraction of sp³-hybridized carbons (Fsp3) is 0.222. The zero-order chi connectivity index (χ0) is 9.84. The second-order valence-electron chi connectivity index (χ2n) is 2.64. The van der Waals surface area contributed by atoms with Crippen molar-refractivity contribution in [3.63, 3.8) is 0 Å². The summed E-state index contributed by atoms with van der Waals surface area (Å²) in [5.74, 6) is -2.81. The van der Waals surface area contributed by atoms with Crippen LogP contribution in [0.2, 0.25) is 0 Å². The molecule has 0 fully saturated rings. The maximum atomic E-state index is 12.6. The van der Waals surface area contributed by atoms with Gasteiger partial charge in [0, 0.05) is 6.42 Å². The van der Waals surface area contributed by atoms with Gasteiger partial charge in [0.05, 0.1) is 0 Å². The van der Waals surface area contributed by atoms with Gasteiger partial charge in [-0.3, -0.25) is 4.79 Å². The van der Waals surface area contributed by atoms with Crippen LogP contribution in [0, 0.1) is 11.6 Å². The van der Waals surface area contributed by atoms with Gasteiger partial charge in [-0.1, -0.05) is 6.07 Å². The van der Waals surface area contributed by atoms with Crippen LogP contribution in [0.1, 0.15) is 12.0 Å². The Labute approximate surface area is 79.9 Å². The van der Waals surface area contributed by atoms with Crippen molar-refractivity contribution < 1.29 is 18.7 Å². The number of halogens is 2. The second kappa shape index (κ2) is 5.29. The summed E-state index contributed by atoms with van der Waals surface area (Å²) in [6.07, 6.45) is 0.137. The zero-order valence-corrected chi connectivity index (χ0v) is 7.46. The van der Waals surface area contributed by atoms with Crippen molar-refractivity contribution in [2.75, 3.05) is 0 Å². The molecule has 5 heteroatoms. The van der Waals surface area contributed by atoms with Gasteiger partial charge in [-0.2, -0.15) is 0 Å². The van der Waals surface area contributed by atoms with E-state index < -0.39 is 17.6 Å². The third-order valence-corrected chi connectivity index (χ3v) is 1.61. The smallest absolute Gasteiger partial charge is 0.303 e. The summed E-state index contributed by atoms with van der Waals surface area (Å²) in [7, 11) is 0. The van der Waals surface area contributed by atoms with Crippen LogP contribution in [-0.2, 0) is 11.2 Å². The molecule has 1 aromatic rings. The van der Waals surface area contributed by atoms with Gasteiger partial charge in [-0.05, 0) is 24.1 Å². The molecule has 0 heterocycles. The molecule has 1 rings (SSSR count). The van der Waals surface area contributed by atoms with Crippen molar-refractivity contribution in [3.8, 4) is 0 Å². The summed E-state index contributed by atoms with van der Waals surface area (Å²) in [4.78, 5) is 10.2. The van der Waals surface area contributed by atoms with Crippen LogP contribution in [0.25, 0.3) is 0 Å². The molecule has 0 bridgehead atoms. The average Bonchev–Trinajstić information content (AvgIpc) is 2.07. The van der Waals surface area contributed by atoms with E-state index >= 15 is 0 Å². The molecule has 0 unspecified atom stereocenters. The van der Waals surface area contributed by atoms with Crippen molar-refractivity contribution in [1.82, 2.24) is 6.15 Å². The first kappa shape index (κ1) is 12.5. The Morgan fingerprint density at radius 1 is 1.29 bits per heavy atom. The molecule has 0 radical (unpaired) electrons. The largest absolute Gasteiger partial charge is 0.481 e. The highest BCUT2D eigenvalue weighted by atomic mass is 19.2. The maximum Gasteiger partial charge on any atom is 0.303 e. The van der Waals surface area contributed by atoms with Gasteiger partial charge in [-0.25, -0.2) is 8.78 Å². The molecule has 3 nitrogen and oxygen atoms in total. The van der Waals surface area contributed by atoms with Crippen LogP contribution < -0.4 is 6.15 Å². The number of hydrogen-bond donors (Lipinski definition) is 2. The third-order valence-electron chi connectivity index (χ3n) is 1.61. The first-order valence-electron chi connectivity index (χ1n) is 3.75.